The second-order valence-corrected chi connectivity index (χ2v) is 13.0. The van der Waals surface area contributed by atoms with Gasteiger partial charge in [-0.3, -0.25) is 19.7 Å². The number of amides is 1. The average molecular weight is 617 g/mol. The van der Waals surface area contributed by atoms with Crippen molar-refractivity contribution in [2.45, 2.75) is 90.6 Å². The number of carbonyl (C=O) groups is 1. The molecule has 0 unspecified atom stereocenters. The smallest absolute Gasteiger partial charge is 0.226 e. The lowest BCUT2D eigenvalue weighted by molar-refractivity contribution is -0.131. The lowest BCUT2D eigenvalue weighted by atomic mass is 9.94. The van der Waals surface area contributed by atoms with E-state index in [4.69, 9.17) is 4.98 Å². The second kappa shape index (κ2) is 15.5. The molecule has 3 aromatic heterocycles. The van der Waals surface area contributed by atoms with Crippen molar-refractivity contribution in [1.29, 1.82) is 0 Å². The summed E-state index contributed by atoms with van der Waals surface area (Å²) in [4.78, 5) is 32.2. The highest BCUT2D eigenvalue weighted by atomic mass is 16.2. The van der Waals surface area contributed by atoms with Crippen LogP contribution in [0.15, 0.2) is 79.3 Å². The summed E-state index contributed by atoms with van der Waals surface area (Å²) < 4.78 is 2.20. The van der Waals surface area contributed by atoms with Crippen molar-refractivity contribution < 1.29 is 4.79 Å². The third-order valence-corrected chi connectivity index (χ3v) is 9.56. The Bertz CT molecular complexity index is 1660. The van der Waals surface area contributed by atoms with Gasteiger partial charge >= 0.3 is 0 Å². The van der Waals surface area contributed by atoms with Gasteiger partial charge in [-0.1, -0.05) is 67.3 Å². The molecule has 7 heteroatoms. The number of aromatic nitrogens is 4. The SMILES string of the molecule is Cc1ccc(C(=CCN2CCCC2)c2cccc(CC=CN(C(=O)CCCn3c(C)nc4cnccc43)C3CCCCC3)n2)cc1. The van der Waals surface area contributed by atoms with Gasteiger partial charge in [0.15, 0.2) is 0 Å². The predicted molar refractivity (Wildman–Crippen MR) is 186 cm³/mol. The fraction of sp³-hybridized carbons (Fsp3) is 0.436. The Morgan fingerprint density at radius 3 is 2.57 bits per heavy atom. The summed E-state index contributed by atoms with van der Waals surface area (Å²) in [5.74, 6) is 1.17. The van der Waals surface area contributed by atoms with Crippen LogP contribution in [-0.2, 0) is 17.8 Å². The number of carbonyl (C=O) groups excluding carboxylic acids is 1. The summed E-state index contributed by atoms with van der Waals surface area (Å²) in [6, 6.07) is 17.4. The molecule has 6 rings (SSSR count). The van der Waals surface area contributed by atoms with Gasteiger partial charge < -0.3 is 9.47 Å². The molecule has 1 aliphatic heterocycles. The number of nitrogens with zero attached hydrogens (tertiary/aromatic N) is 6. The molecule has 0 N–H and O–H groups in total. The molecule has 1 aliphatic carbocycles. The number of allylic oxidation sites excluding steroid dienone is 1. The number of rotatable bonds is 12. The minimum Gasteiger partial charge on any atom is -0.328 e. The first-order chi connectivity index (χ1) is 22.5. The molecule has 1 saturated carbocycles. The normalized spacial score (nSPS) is 16.5. The van der Waals surface area contributed by atoms with E-state index in [0.29, 0.717) is 12.8 Å². The third kappa shape index (κ3) is 8.00. The summed E-state index contributed by atoms with van der Waals surface area (Å²) in [5, 5.41) is 0. The first kappa shape index (κ1) is 31.9. The lowest BCUT2D eigenvalue weighted by Crippen LogP contribution is -2.37. The van der Waals surface area contributed by atoms with Crippen LogP contribution >= 0.6 is 0 Å². The van der Waals surface area contributed by atoms with Crippen LogP contribution in [0.4, 0.5) is 0 Å². The highest BCUT2D eigenvalue weighted by Crippen LogP contribution is 2.26. The quantitative estimate of drug-likeness (QED) is 0.163. The average Bonchev–Trinajstić information content (AvgIpc) is 3.72. The van der Waals surface area contributed by atoms with Crippen LogP contribution in [0.1, 0.15) is 86.1 Å². The van der Waals surface area contributed by atoms with Gasteiger partial charge in [0.2, 0.25) is 5.91 Å². The molecule has 0 atom stereocenters. The third-order valence-electron chi connectivity index (χ3n) is 9.56. The van der Waals surface area contributed by atoms with Crippen molar-refractivity contribution in [3.05, 3.63) is 108 Å². The fourth-order valence-electron chi connectivity index (χ4n) is 6.99. The molecule has 0 spiro atoms. The van der Waals surface area contributed by atoms with E-state index >= 15 is 0 Å². The van der Waals surface area contributed by atoms with Gasteiger partial charge in [0.1, 0.15) is 11.3 Å². The minimum atomic E-state index is 0.208. The first-order valence-corrected chi connectivity index (χ1v) is 17.3. The van der Waals surface area contributed by atoms with Crippen molar-refractivity contribution in [1.82, 2.24) is 29.3 Å². The highest BCUT2D eigenvalue weighted by Gasteiger charge is 2.23. The Hall–Kier alpha value is -4.10. The van der Waals surface area contributed by atoms with Crippen molar-refractivity contribution in [3.63, 3.8) is 0 Å². The maximum atomic E-state index is 13.7. The molecule has 4 heterocycles. The zero-order valence-electron chi connectivity index (χ0n) is 27.6. The number of fused-ring (bicyclic) bond motifs is 1. The molecule has 4 aromatic rings. The van der Waals surface area contributed by atoms with Gasteiger partial charge in [0.25, 0.3) is 0 Å². The van der Waals surface area contributed by atoms with E-state index in [2.05, 4.69) is 87.2 Å². The van der Waals surface area contributed by atoms with Crippen molar-refractivity contribution >= 4 is 22.5 Å². The van der Waals surface area contributed by atoms with Crippen LogP contribution in [0.5, 0.6) is 0 Å². The number of pyridine rings is 2. The monoisotopic (exact) mass is 616 g/mol. The second-order valence-electron chi connectivity index (χ2n) is 13.0. The number of hydrogen-bond donors (Lipinski definition) is 0. The zero-order valence-corrected chi connectivity index (χ0v) is 27.6. The van der Waals surface area contributed by atoms with Gasteiger partial charge in [-0.15, -0.1) is 0 Å². The zero-order chi connectivity index (χ0) is 31.7. The van der Waals surface area contributed by atoms with Crippen molar-refractivity contribution in [3.8, 4) is 0 Å². The highest BCUT2D eigenvalue weighted by molar-refractivity contribution is 5.79. The van der Waals surface area contributed by atoms with E-state index in [9.17, 15) is 4.79 Å². The number of benzene rings is 1. The molecular weight excluding hydrogens is 568 g/mol. The molecule has 240 valence electrons. The molecule has 2 aliphatic rings. The molecule has 1 aromatic carbocycles. The fourth-order valence-corrected chi connectivity index (χ4v) is 6.99. The minimum absolute atomic E-state index is 0.208. The molecular formula is C39H48N6O. The summed E-state index contributed by atoms with van der Waals surface area (Å²) in [5.41, 5.74) is 7.66. The van der Waals surface area contributed by atoms with Crippen LogP contribution in [0.25, 0.3) is 16.6 Å². The first-order valence-electron chi connectivity index (χ1n) is 17.3. The van der Waals surface area contributed by atoms with E-state index in [-0.39, 0.29) is 11.9 Å². The van der Waals surface area contributed by atoms with Crippen molar-refractivity contribution in [2.75, 3.05) is 19.6 Å². The van der Waals surface area contributed by atoms with E-state index in [1.54, 1.807) is 12.4 Å². The standard InChI is InChI=1S/C39H48N6O/c1-30-17-19-32(20-18-30)35(22-28-43-24-6-7-25-43)36-15-8-11-33(42-36)12-9-27-45(34-13-4-3-5-14-34)39(46)16-10-26-44-31(2)41-37-29-40-23-21-38(37)44/h8-9,11,15,17-23,27,29,34H,3-7,10,12-14,16,24-26,28H2,1-2H3. The van der Waals surface area contributed by atoms with E-state index in [0.717, 1.165) is 60.6 Å². The number of likely N-dealkylation sites (tertiary alicyclic amines) is 1. The number of aryl methyl sites for hydroxylation is 3. The Labute approximate surface area is 274 Å². The van der Waals surface area contributed by atoms with Crippen LogP contribution < -0.4 is 0 Å². The number of hydrogen-bond acceptors (Lipinski definition) is 5. The molecule has 0 radical (unpaired) electrons. The topological polar surface area (TPSA) is 67.2 Å². The van der Waals surface area contributed by atoms with Crippen LogP contribution in [-0.4, -0.2) is 60.9 Å². The summed E-state index contributed by atoms with van der Waals surface area (Å²) in [6.07, 6.45) is 20.5. The molecule has 7 nitrogen and oxygen atoms in total. The Morgan fingerprint density at radius 2 is 1.76 bits per heavy atom. The maximum absolute atomic E-state index is 13.7. The largest absolute Gasteiger partial charge is 0.328 e. The van der Waals surface area contributed by atoms with Gasteiger partial charge in [-0.05, 0) is 82.8 Å². The lowest BCUT2D eigenvalue weighted by Gasteiger charge is -2.32. The Kier molecular flexibility index (Phi) is 10.7. The van der Waals surface area contributed by atoms with Crippen LogP contribution in [0, 0.1) is 13.8 Å². The molecule has 1 saturated heterocycles. The predicted octanol–water partition coefficient (Wildman–Crippen LogP) is 7.67. The van der Waals surface area contributed by atoms with E-state index in [1.807, 2.05) is 17.9 Å². The van der Waals surface area contributed by atoms with Crippen LogP contribution in [0.3, 0.4) is 0 Å². The summed E-state index contributed by atoms with van der Waals surface area (Å²) >= 11 is 0. The van der Waals surface area contributed by atoms with E-state index < -0.39 is 0 Å². The maximum Gasteiger partial charge on any atom is 0.226 e. The van der Waals surface area contributed by atoms with Gasteiger partial charge in [-0.2, -0.15) is 0 Å². The Balaban J connectivity index is 1.14. The molecule has 1 amide bonds. The van der Waals surface area contributed by atoms with Crippen LogP contribution in [0.2, 0.25) is 0 Å². The van der Waals surface area contributed by atoms with E-state index in [1.165, 1.54) is 61.9 Å². The number of imidazole rings is 1. The molecule has 0 bridgehead atoms. The summed E-state index contributed by atoms with van der Waals surface area (Å²) in [6.45, 7) is 8.21. The Morgan fingerprint density at radius 1 is 0.957 bits per heavy atom. The van der Waals surface area contributed by atoms with Crippen molar-refractivity contribution in [2.24, 2.45) is 0 Å². The molecule has 46 heavy (non-hydrogen) atoms. The van der Waals surface area contributed by atoms with Gasteiger partial charge in [0, 0.05) is 55.6 Å². The van der Waals surface area contributed by atoms with Gasteiger partial charge in [-0.25, -0.2) is 4.98 Å². The van der Waals surface area contributed by atoms with Gasteiger partial charge in [0.05, 0.1) is 17.4 Å². The molecule has 2 fully saturated rings. The summed E-state index contributed by atoms with van der Waals surface area (Å²) in [7, 11) is 0.